The van der Waals surface area contributed by atoms with Crippen LogP contribution in [0.3, 0.4) is 0 Å². The van der Waals surface area contributed by atoms with E-state index in [2.05, 4.69) is 4.98 Å². The Morgan fingerprint density at radius 2 is 2.28 bits per heavy atom. The van der Waals surface area contributed by atoms with Crippen LogP contribution in [0.25, 0.3) is 11.2 Å². The lowest BCUT2D eigenvalue weighted by Crippen LogP contribution is -2.35. The highest BCUT2D eigenvalue weighted by atomic mass is 16.5. The first-order chi connectivity index (χ1) is 8.67. The van der Waals surface area contributed by atoms with E-state index in [0.29, 0.717) is 24.4 Å². The van der Waals surface area contributed by atoms with Crippen molar-refractivity contribution < 1.29 is 14.1 Å². The van der Waals surface area contributed by atoms with Crippen LogP contribution in [0.2, 0.25) is 0 Å². The van der Waals surface area contributed by atoms with Crippen LogP contribution in [-0.4, -0.2) is 22.4 Å². The topological polar surface area (TPSA) is 65.1 Å². The molecule has 2 aromatic rings. The van der Waals surface area contributed by atoms with Crippen molar-refractivity contribution in [2.45, 2.75) is 13.5 Å². The quantitative estimate of drug-likeness (QED) is 0.556. The van der Waals surface area contributed by atoms with Crippen LogP contribution in [0.15, 0.2) is 23.1 Å². The Balaban J connectivity index is 2.68. The first-order valence-electron chi connectivity index (χ1n) is 5.64. The highest BCUT2D eigenvalue weighted by molar-refractivity contribution is 5.66. The first kappa shape index (κ1) is 12.2. The molecule has 6 nitrogen and oxygen atoms in total. The van der Waals surface area contributed by atoms with Crippen molar-refractivity contribution in [2.75, 3.05) is 6.61 Å². The SMILES string of the molecule is CC[n+]1cc(OCC=O)nc2c1ccc(=O)n2C. The number of hydrogen-bond donors (Lipinski definition) is 0. The number of aldehydes is 1. The Morgan fingerprint density at radius 3 is 2.94 bits per heavy atom. The fourth-order valence-corrected chi connectivity index (χ4v) is 1.76. The Kier molecular flexibility index (Phi) is 3.36. The van der Waals surface area contributed by atoms with E-state index in [4.69, 9.17) is 4.74 Å². The molecule has 0 aromatic carbocycles. The van der Waals surface area contributed by atoms with Gasteiger partial charge in [-0.3, -0.25) is 14.2 Å². The van der Waals surface area contributed by atoms with Crippen molar-refractivity contribution in [3.63, 3.8) is 0 Å². The van der Waals surface area contributed by atoms with Gasteiger partial charge in [-0.15, -0.1) is 0 Å². The Hall–Kier alpha value is -2.24. The third-order valence-corrected chi connectivity index (χ3v) is 2.69. The molecular weight excluding hydrogens is 234 g/mol. The van der Waals surface area contributed by atoms with Crippen molar-refractivity contribution in [1.82, 2.24) is 9.55 Å². The largest absolute Gasteiger partial charge is 0.466 e. The summed E-state index contributed by atoms with van der Waals surface area (Å²) in [5.74, 6) is 0.331. The average Bonchev–Trinajstić information content (AvgIpc) is 2.40. The Labute approximate surface area is 103 Å². The molecule has 0 fully saturated rings. The number of carbonyl (C=O) groups excluding carboxylic acids is 1. The van der Waals surface area contributed by atoms with Gasteiger partial charge in [0.15, 0.2) is 6.29 Å². The predicted molar refractivity (Wildman–Crippen MR) is 64.4 cm³/mol. The third-order valence-electron chi connectivity index (χ3n) is 2.69. The van der Waals surface area contributed by atoms with Crippen molar-refractivity contribution in [1.29, 1.82) is 0 Å². The van der Waals surface area contributed by atoms with E-state index in [1.807, 2.05) is 11.5 Å². The summed E-state index contributed by atoms with van der Waals surface area (Å²) in [6.07, 6.45) is 2.38. The smallest absolute Gasteiger partial charge is 0.282 e. The molecule has 0 saturated carbocycles. The molecule has 0 bridgehead atoms. The second-order valence-electron chi connectivity index (χ2n) is 3.78. The lowest BCUT2D eigenvalue weighted by Gasteiger charge is -2.05. The average molecular weight is 248 g/mol. The second kappa shape index (κ2) is 4.95. The number of fused-ring (bicyclic) bond motifs is 1. The van der Waals surface area contributed by atoms with Gasteiger partial charge < -0.3 is 4.74 Å². The van der Waals surface area contributed by atoms with E-state index in [0.717, 1.165) is 5.52 Å². The number of carbonyl (C=O) groups is 1. The molecule has 0 spiro atoms. The van der Waals surface area contributed by atoms with Crippen LogP contribution in [0.5, 0.6) is 5.88 Å². The standard InChI is InChI=1S/C12H14N3O3/c1-3-15-8-10(18-7-6-16)13-12-9(15)4-5-11(17)14(12)2/h4-6,8H,3,7H2,1-2H3/q+1. The van der Waals surface area contributed by atoms with Gasteiger partial charge in [0.05, 0.1) is 0 Å². The molecule has 0 atom stereocenters. The molecule has 0 aliphatic heterocycles. The Morgan fingerprint density at radius 1 is 1.50 bits per heavy atom. The van der Waals surface area contributed by atoms with Gasteiger partial charge in [-0.25, -0.2) is 0 Å². The number of ether oxygens (including phenoxy) is 1. The molecule has 0 N–H and O–H groups in total. The molecule has 0 saturated heterocycles. The summed E-state index contributed by atoms with van der Waals surface area (Å²) in [6.45, 7) is 2.64. The minimum atomic E-state index is -0.134. The van der Waals surface area contributed by atoms with Gasteiger partial charge in [0, 0.05) is 19.2 Å². The fourth-order valence-electron chi connectivity index (χ4n) is 1.76. The molecule has 2 rings (SSSR count). The summed E-state index contributed by atoms with van der Waals surface area (Å²) in [7, 11) is 1.65. The third kappa shape index (κ3) is 2.09. The number of hydrogen-bond acceptors (Lipinski definition) is 4. The van der Waals surface area contributed by atoms with E-state index >= 15 is 0 Å². The molecule has 2 aromatic heterocycles. The number of aromatic nitrogens is 3. The van der Waals surface area contributed by atoms with Gasteiger partial charge in [0.2, 0.25) is 17.4 Å². The lowest BCUT2D eigenvalue weighted by atomic mass is 10.4. The molecule has 0 radical (unpaired) electrons. The molecular formula is C12H14N3O3+. The minimum Gasteiger partial charge on any atom is -0.466 e. The lowest BCUT2D eigenvalue weighted by molar-refractivity contribution is -0.668. The van der Waals surface area contributed by atoms with E-state index in [1.165, 1.54) is 10.6 Å². The van der Waals surface area contributed by atoms with Crippen LogP contribution < -0.4 is 14.9 Å². The van der Waals surface area contributed by atoms with Gasteiger partial charge in [-0.2, -0.15) is 9.55 Å². The zero-order valence-corrected chi connectivity index (χ0v) is 10.3. The normalized spacial score (nSPS) is 10.6. The zero-order valence-electron chi connectivity index (χ0n) is 10.3. The molecule has 0 amide bonds. The highest BCUT2D eigenvalue weighted by Crippen LogP contribution is 2.09. The van der Waals surface area contributed by atoms with Crippen LogP contribution in [-0.2, 0) is 18.4 Å². The van der Waals surface area contributed by atoms with E-state index in [9.17, 15) is 9.59 Å². The van der Waals surface area contributed by atoms with Gasteiger partial charge in [0.25, 0.3) is 11.4 Å². The second-order valence-corrected chi connectivity index (χ2v) is 3.78. The molecule has 0 aliphatic carbocycles. The summed E-state index contributed by atoms with van der Waals surface area (Å²) in [6, 6.07) is 3.24. The van der Waals surface area contributed by atoms with Gasteiger partial charge in [0.1, 0.15) is 13.2 Å². The molecule has 0 unspecified atom stereocenters. The van der Waals surface area contributed by atoms with Gasteiger partial charge in [-0.1, -0.05) is 0 Å². The maximum absolute atomic E-state index is 11.6. The summed E-state index contributed by atoms with van der Waals surface area (Å²) in [4.78, 5) is 26.1. The summed E-state index contributed by atoms with van der Waals surface area (Å²) < 4.78 is 8.56. The number of aryl methyl sites for hydroxylation is 2. The predicted octanol–water partition coefficient (Wildman–Crippen LogP) is -0.181. The molecule has 2 heterocycles. The van der Waals surface area contributed by atoms with Crippen LogP contribution >= 0.6 is 0 Å². The number of nitrogens with zero attached hydrogens (tertiary/aromatic N) is 3. The molecule has 94 valence electrons. The molecule has 18 heavy (non-hydrogen) atoms. The van der Waals surface area contributed by atoms with Crippen LogP contribution in [0, 0.1) is 0 Å². The number of rotatable bonds is 4. The van der Waals surface area contributed by atoms with Crippen LogP contribution in [0.1, 0.15) is 6.92 Å². The molecule has 0 aliphatic rings. The van der Waals surface area contributed by atoms with Crippen molar-refractivity contribution in [3.8, 4) is 5.88 Å². The number of pyridine rings is 1. The molecule has 6 heteroatoms. The summed E-state index contributed by atoms with van der Waals surface area (Å²) in [5, 5.41) is 0. The van der Waals surface area contributed by atoms with E-state index in [-0.39, 0.29) is 12.2 Å². The maximum Gasteiger partial charge on any atom is 0.282 e. The van der Waals surface area contributed by atoms with Gasteiger partial charge in [-0.05, 0) is 6.92 Å². The van der Waals surface area contributed by atoms with Crippen LogP contribution in [0.4, 0.5) is 0 Å². The van der Waals surface area contributed by atoms with Crippen molar-refractivity contribution in [2.24, 2.45) is 7.05 Å². The van der Waals surface area contributed by atoms with Gasteiger partial charge >= 0.3 is 0 Å². The summed E-state index contributed by atoms with van der Waals surface area (Å²) >= 11 is 0. The minimum absolute atomic E-state index is 0.0526. The monoisotopic (exact) mass is 248 g/mol. The van der Waals surface area contributed by atoms with E-state index in [1.54, 1.807) is 19.3 Å². The fraction of sp³-hybridized carbons (Fsp3) is 0.333. The van der Waals surface area contributed by atoms with Crippen molar-refractivity contribution in [3.05, 3.63) is 28.7 Å². The zero-order chi connectivity index (χ0) is 13.1. The van der Waals surface area contributed by atoms with E-state index < -0.39 is 0 Å². The highest BCUT2D eigenvalue weighted by Gasteiger charge is 2.15. The maximum atomic E-state index is 11.6. The first-order valence-corrected chi connectivity index (χ1v) is 5.64. The Bertz CT molecular complexity index is 649. The van der Waals surface area contributed by atoms with Crippen molar-refractivity contribution >= 4 is 17.5 Å². The summed E-state index contributed by atoms with van der Waals surface area (Å²) in [5.41, 5.74) is 1.25.